The minimum atomic E-state index is -4.34. The lowest BCUT2D eigenvalue weighted by Crippen LogP contribution is -2.38. The zero-order valence-corrected chi connectivity index (χ0v) is 15.5. The standard InChI is InChI=1S/C17H21F3N4OS/c1-12-3-4-13(2)14(9-12)10-26-16-22-21-15(23-5-7-25-8-6-23)24(16)11-17(18,19)20/h3-4,9H,5-8,10-11H2,1-2H3. The zero-order valence-electron chi connectivity index (χ0n) is 14.7. The van der Waals surface area contributed by atoms with Crippen molar-refractivity contribution < 1.29 is 17.9 Å². The van der Waals surface area contributed by atoms with E-state index in [9.17, 15) is 13.2 Å². The highest BCUT2D eigenvalue weighted by molar-refractivity contribution is 7.98. The van der Waals surface area contributed by atoms with Gasteiger partial charge < -0.3 is 9.64 Å². The summed E-state index contributed by atoms with van der Waals surface area (Å²) in [4.78, 5) is 1.80. The molecular weight excluding hydrogens is 365 g/mol. The van der Waals surface area contributed by atoms with Gasteiger partial charge in [-0.2, -0.15) is 13.2 Å². The molecule has 1 aliphatic heterocycles. The van der Waals surface area contributed by atoms with E-state index in [0.29, 0.717) is 32.1 Å². The number of halogens is 3. The van der Waals surface area contributed by atoms with Crippen molar-refractivity contribution in [1.82, 2.24) is 14.8 Å². The molecule has 2 heterocycles. The van der Waals surface area contributed by atoms with Crippen molar-refractivity contribution in [3.63, 3.8) is 0 Å². The van der Waals surface area contributed by atoms with E-state index in [2.05, 4.69) is 16.3 Å². The van der Waals surface area contributed by atoms with Crippen LogP contribution >= 0.6 is 11.8 Å². The number of hydrogen-bond acceptors (Lipinski definition) is 5. The normalized spacial score (nSPS) is 15.5. The molecule has 2 aromatic rings. The molecule has 0 radical (unpaired) electrons. The quantitative estimate of drug-likeness (QED) is 0.735. The van der Waals surface area contributed by atoms with Gasteiger partial charge in [0.1, 0.15) is 6.54 Å². The summed E-state index contributed by atoms with van der Waals surface area (Å²) in [6, 6.07) is 6.09. The van der Waals surface area contributed by atoms with E-state index in [1.165, 1.54) is 16.3 Å². The molecule has 0 aliphatic carbocycles. The average Bonchev–Trinajstić information content (AvgIpc) is 2.97. The lowest BCUT2D eigenvalue weighted by atomic mass is 10.1. The average molecular weight is 386 g/mol. The highest BCUT2D eigenvalue weighted by Gasteiger charge is 2.32. The fourth-order valence-electron chi connectivity index (χ4n) is 2.80. The number of morpholine rings is 1. The third-order valence-electron chi connectivity index (χ3n) is 4.19. The number of thioether (sulfide) groups is 1. The monoisotopic (exact) mass is 386 g/mol. The van der Waals surface area contributed by atoms with E-state index in [0.717, 1.165) is 16.7 Å². The second kappa shape index (κ2) is 7.87. The Hall–Kier alpha value is -1.74. The van der Waals surface area contributed by atoms with Gasteiger partial charge in [0.15, 0.2) is 5.16 Å². The molecule has 5 nitrogen and oxygen atoms in total. The van der Waals surface area contributed by atoms with Gasteiger partial charge in [0.2, 0.25) is 5.95 Å². The van der Waals surface area contributed by atoms with Gasteiger partial charge in [-0.15, -0.1) is 10.2 Å². The maximum absolute atomic E-state index is 13.1. The second-order valence-electron chi connectivity index (χ2n) is 6.30. The maximum Gasteiger partial charge on any atom is 0.406 e. The van der Waals surface area contributed by atoms with Gasteiger partial charge in [0.05, 0.1) is 13.2 Å². The van der Waals surface area contributed by atoms with Crippen molar-refractivity contribution in [2.45, 2.75) is 37.5 Å². The van der Waals surface area contributed by atoms with Gasteiger partial charge in [-0.05, 0) is 25.0 Å². The third kappa shape index (κ3) is 4.70. The number of alkyl halides is 3. The molecular formula is C17H21F3N4OS. The van der Waals surface area contributed by atoms with Crippen LogP contribution in [-0.2, 0) is 17.0 Å². The molecule has 142 valence electrons. The largest absolute Gasteiger partial charge is 0.406 e. The Morgan fingerprint density at radius 3 is 2.58 bits per heavy atom. The van der Waals surface area contributed by atoms with Crippen molar-refractivity contribution in [3.05, 3.63) is 34.9 Å². The second-order valence-corrected chi connectivity index (χ2v) is 7.24. The molecule has 0 N–H and O–H groups in total. The molecule has 0 atom stereocenters. The van der Waals surface area contributed by atoms with Crippen LogP contribution in [0.2, 0.25) is 0 Å². The molecule has 0 saturated carbocycles. The molecule has 3 rings (SSSR count). The first-order valence-corrected chi connectivity index (χ1v) is 9.33. The Morgan fingerprint density at radius 1 is 1.15 bits per heavy atom. The smallest absolute Gasteiger partial charge is 0.378 e. The summed E-state index contributed by atoms with van der Waals surface area (Å²) in [5, 5.41) is 8.36. The number of nitrogens with zero attached hydrogens (tertiary/aromatic N) is 4. The van der Waals surface area contributed by atoms with Crippen LogP contribution in [0.25, 0.3) is 0 Å². The molecule has 0 unspecified atom stereocenters. The zero-order chi connectivity index (χ0) is 18.7. The Morgan fingerprint density at radius 2 is 1.88 bits per heavy atom. The highest BCUT2D eigenvalue weighted by atomic mass is 32.2. The lowest BCUT2D eigenvalue weighted by Gasteiger charge is -2.28. The van der Waals surface area contributed by atoms with Crippen molar-refractivity contribution in [2.24, 2.45) is 0 Å². The van der Waals surface area contributed by atoms with Crippen LogP contribution in [0.1, 0.15) is 16.7 Å². The summed E-state index contributed by atoms with van der Waals surface area (Å²) in [7, 11) is 0. The maximum atomic E-state index is 13.1. The molecule has 1 fully saturated rings. The molecule has 1 aliphatic rings. The molecule has 0 bridgehead atoms. The van der Waals surface area contributed by atoms with E-state index < -0.39 is 12.7 Å². The van der Waals surface area contributed by atoms with E-state index in [-0.39, 0.29) is 11.1 Å². The van der Waals surface area contributed by atoms with Crippen LogP contribution in [0.3, 0.4) is 0 Å². The summed E-state index contributed by atoms with van der Waals surface area (Å²) >= 11 is 1.28. The van der Waals surface area contributed by atoms with Crippen molar-refractivity contribution in [3.8, 4) is 0 Å². The van der Waals surface area contributed by atoms with E-state index in [1.54, 1.807) is 4.90 Å². The summed E-state index contributed by atoms with van der Waals surface area (Å²) in [6.07, 6.45) is -4.34. The van der Waals surface area contributed by atoms with Crippen molar-refractivity contribution >= 4 is 17.7 Å². The fourth-order valence-corrected chi connectivity index (χ4v) is 3.80. The van der Waals surface area contributed by atoms with Gasteiger partial charge in [0, 0.05) is 18.8 Å². The van der Waals surface area contributed by atoms with Crippen LogP contribution in [0.15, 0.2) is 23.4 Å². The summed E-state index contributed by atoms with van der Waals surface area (Å²) in [5.41, 5.74) is 3.32. The predicted molar refractivity (Wildman–Crippen MR) is 94.6 cm³/mol. The summed E-state index contributed by atoms with van der Waals surface area (Å²) in [6.45, 7) is 4.87. The number of benzene rings is 1. The Labute approximate surface area is 154 Å². The molecule has 0 spiro atoms. The predicted octanol–water partition coefficient (Wildman–Crippen LogP) is 3.59. The molecule has 1 saturated heterocycles. The third-order valence-corrected chi connectivity index (χ3v) is 5.21. The first-order chi connectivity index (χ1) is 12.3. The SMILES string of the molecule is Cc1ccc(C)c(CSc2nnc(N3CCOCC3)n2CC(F)(F)F)c1. The fraction of sp³-hybridized carbons (Fsp3) is 0.529. The Balaban J connectivity index is 1.83. The van der Waals surface area contributed by atoms with Gasteiger partial charge >= 0.3 is 6.18 Å². The Bertz CT molecular complexity index is 757. The van der Waals surface area contributed by atoms with E-state index in [1.807, 2.05) is 26.0 Å². The number of anilines is 1. The van der Waals surface area contributed by atoms with Crippen LogP contribution in [0, 0.1) is 13.8 Å². The molecule has 1 aromatic heterocycles. The number of aryl methyl sites for hydroxylation is 2. The topological polar surface area (TPSA) is 43.2 Å². The van der Waals surface area contributed by atoms with Crippen LogP contribution in [-0.4, -0.2) is 47.2 Å². The minimum absolute atomic E-state index is 0.258. The van der Waals surface area contributed by atoms with E-state index in [4.69, 9.17) is 4.74 Å². The molecule has 1 aromatic carbocycles. The first-order valence-electron chi connectivity index (χ1n) is 8.35. The minimum Gasteiger partial charge on any atom is -0.378 e. The van der Waals surface area contributed by atoms with Crippen molar-refractivity contribution in [1.29, 1.82) is 0 Å². The molecule has 9 heteroatoms. The summed E-state index contributed by atoms with van der Waals surface area (Å²) < 4.78 is 45.7. The van der Waals surface area contributed by atoms with Gasteiger partial charge in [-0.1, -0.05) is 35.5 Å². The Kier molecular flexibility index (Phi) is 5.76. The number of hydrogen-bond donors (Lipinski definition) is 0. The summed E-state index contributed by atoms with van der Waals surface area (Å²) in [5.74, 6) is 0.807. The van der Waals surface area contributed by atoms with Crippen LogP contribution in [0.4, 0.5) is 19.1 Å². The highest BCUT2D eigenvalue weighted by Crippen LogP contribution is 2.30. The first kappa shape index (κ1) is 19.0. The van der Waals surface area contributed by atoms with Gasteiger partial charge in [0.25, 0.3) is 0 Å². The lowest BCUT2D eigenvalue weighted by molar-refractivity contribution is -0.141. The van der Waals surface area contributed by atoms with Crippen LogP contribution < -0.4 is 4.90 Å². The van der Waals surface area contributed by atoms with Crippen LogP contribution in [0.5, 0.6) is 0 Å². The van der Waals surface area contributed by atoms with Gasteiger partial charge in [-0.3, -0.25) is 4.57 Å². The van der Waals surface area contributed by atoms with Gasteiger partial charge in [-0.25, -0.2) is 0 Å². The number of rotatable bonds is 5. The number of aromatic nitrogens is 3. The van der Waals surface area contributed by atoms with Crippen molar-refractivity contribution in [2.75, 3.05) is 31.2 Å². The van der Waals surface area contributed by atoms with E-state index >= 15 is 0 Å². The number of ether oxygens (including phenoxy) is 1. The molecule has 26 heavy (non-hydrogen) atoms. The molecule has 0 amide bonds.